The van der Waals surface area contributed by atoms with E-state index in [-0.39, 0.29) is 6.04 Å². The van der Waals surface area contributed by atoms with Crippen LogP contribution in [0.2, 0.25) is 0 Å². The molecule has 0 bridgehead atoms. The molecule has 0 saturated heterocycles. The SMILES string of the molecule is NC(Cc1ccccn1)c1cc2sccc2s1. The monoisotopic (exact) mass is 260 g/mol. The summed E-state index contributed by atoms with van der Waals surface area (Å²) in [5, 5.41) is 2.12. The van der Waals surface area contributed by atoms with Crippen LogP contribution in [0.5, 0.6) is 0 Å². The number of hydrogen-bond acceptors (Lipinski definition) is 4. The fraction of sp³-hybridized carbons (Fsp3) is 0.154. The maximum absolute atomic E-state index is 6.23. The smallest absolute Gasteiger partial charge is 0.0454 e. The van der Waals surface area contributed by atoms with E-state index in [0.29, 0.717) is 0 Å². The van der Waals surface area contributed by atoms with E-state index in [1.165, 1.54) is 14.3 Å². The summed E-state index contributed by atoms with van der Waals surface area (Å²) in [5.41, 5.74) is 7.28. The Bertz CT molecular complexity index is 584. The van der Waals surface area contributed by atoms with Crippen LogP contribution in [0, 0.1) is 0 Å². The van der Waals surface area contributed by atoms with Crippen LogP contribution < -0.4 is 5.73 Å². The first-order chi connectivity index (χ1) is 8.33. The number of pyridine rings is 1. The van der Waals surface area contributed by atoms with Gasteiger partial charge in [0.05, 0.1) is 0 Å². The molecule has 1 unspecified atom stereocenters. The molecule has 2 nitrogen and oxygen atoms in total. The summed E-state index contributed by atoms with van der Waals surface area (Å²) in [5.74, 6) is 0. The molecular formula is C13H12N2S2. The van der Waals surface area contributed by atoms with Gasteiger partial charge in [0.1, 0.15) is 0 Å². The third-order valence-electron chi connectivity index (χ3n) is 2.68. The van der Waals surface area contributed by atoms with E-state index < -0.39 is 0 Å². The molecule has 0 fully saturated rings. The number of thiophene rings is 2. The van der Waals surface area contributed by atoms with Gasteiger partial charge in [-0.1, -0.05) is 6.07 Å². The molecule has 17 heavy (non-hydrogen) atoms. The lowest BCUT2D eigenvalue weighted by atomic mass is 10.1. The minimum atomic E-state index is 0.0505. The molecule has 4 heteroatoms. The molecule has 2 N–H and O–H groups in total. The molecule has 0 aliphatic heterocycles. The molecule has 3 aromatic rings. The lowest BCUT2D eigenvalue weighted by molar-refractivity contribution is 0.720. The molecule has 0 aromatic carbocycles. The van der Waals surface area contributed by atoms with Gasteiger partial charge < -0.3 is 5.73 Å². The Morgan fingerprint density at radius 2 is 2.18 bits per heavy atom. The van der Waals surface area contributed by atoms with Crippen molar-refractivity contribution < 1.29 is 0 Å². The summed E-state index contributed by atoms with van der Waals surface area (Å²) < 4.78 is 2.67. The average Bonchev–Trinajstić information content (AvgIpc) is 2.90. The predicted molar refractivity (Wildman–Crippen MR) is 74.6 cm³/mol. The zero-order chi connectivity index (χ0) is 11.7. The largest absolute Gasteiger partial charge is 0.323 e. The van der Waals surface area contributed by atoms with Gasteiger partial charge in [-0.3, -0.25) is 4.98 Å². The van der Waals surface area contributed by atoms with E-state index >= 15 is 0 Å². The van der Waals surface area contributed by atoms with Crippen LogP contribution in [-0.2, 0) is 6.42 Å². The van der Waals surface area contributed by atoms with Crippen molar-refractivity contribution in [2.24, 2.45) is 5.73 Å². The maximum atomic E-state index is 6.23. The molecular weight excluding hydrogens is 248 g/mol. The second-order valence-electron chi connectivity index (χ2n) is 3.93. The Morgan fingerprint density at radius 3 is 2.94 bits per heavy atom. The Hall–Kier alpha value is -1.23. The Labute approximate surface area is 108 Å². The van der Waals surface area contributed by atoms with Crippen molar-refractivity contribution in [3.63, 3.8) is 0 Å². The van der Waals surface area contributed by atoms with Gasteiger partial charge in [0.2, 0.25) is 0 Å². The van der Waals surface area contributed by atoms with E-state index in [0.717, 1.165) is 12.1 Å². The highest BCUT2D eigenvalue weighted by Crippen LogP contribution is 2.33. The lowest BCUT2D eigenvalue weighted by Gasteiger charge is -2.08. The molecule has 3 aromatic heterocycles. The van der Waals surface area contributed by atoms with E-state index in [1.54, 1.807) is 22.7 Å². The van der Waals surface area contributed by atoms with Gasteiger partial charge >= 0.3 is 0 Å². The number of nitrogens with zero attached hydrogens (tertiary/aromatic N) is 1. The maximum Gasteiger partial charge on any atom is 0.0454 e. The third kappa shape index (κ3) is 2.24. The highest BCUT2D eigenvalue weighted by Gasteiger charge is 2.11. The summed E-state index contributed by atoms with van der Waals surface area (Å²) >= 11 is 3.56. The van der Waals surface area contributed by atoms with Crippen LogP contribution in [0.15, 0.2) is 41.9 Å². The second-order valence-corrected chi connectivity index (χ2v) is 5.99. The van der Waals surface area contributed by atoms with Crippen molar-refractivity contribution in [3.8, 4) is 0 Å². The van der Waals surface area contributed by atoms with Gasteiger partial charge in [0.15, 0.2) is 0 Å². The number of hydrogen-bond donors (Lipinski definition) is 1. The molecule has 0 aliphatic rings. The van der Waals surface area contributed by atoms with Crippen LogP contribution in [-0.4, -0.2) is 4.98 Å². The summed E-state index contributed by atoms with van der Waals surface area (Å²) in [6.07, 6.45) is 2.61. The fourth-order valence-electron chi connectivity index (χ4n) is 1.81. The van der Waals surface area contributed by atoms with Crippen LogP contribution in [0.4, 0.5) is 0 Å². The minimum absolute atomic E-state index is 0.0505. The number of fused-ring (bicyclic) bond motifs is 1. The van der Waals surface area contributed by atoms with Crippen molar-refractivity contribution in [3.05, 3.63) is 52.5 Å². The zero-order valence-electron chi connectivity index (χ0n) is 9.17. The molecule has 0 radical (unpaired) electrons. The van der Waals surface area contributed by atoms with Crippen molar-refractivity contribution in [2.45, 2.75) is 12.5 Å². The Balaban J connectivity index is 1.82. The van der Waals surface area contributed by atoms with Crippen LogP contribution in [0.3, 0.4) is 0 Å². The van der Waals surface area contributed by atoms with Gasteiger partial charge in [0.25, 0.3) is 0 Å². The quantitative estimate of drug-likeness (QED) is 0.781. The van der Waals surface area contributed by atoms with E-state index in [4.69, 9.17) is 5.73 Å². The summed E-state index contributed by atoms with van der Waals surface area (Å²) in [6.45, 7) is 0. The van der Waals surface area contributed by atoms with Gasteiger partial charge in [-0.2, -0.15) is 0 Å². The first kappa shape index (κ1) is 10.9. The third-order valence-corrected chi connectivity index (χ3v) is 4.90. The Kier molecular flexibility index (Phi) is 2.93. The molecule has 1 atom stereocenters. The molecule has 0 spiro atoms. The van der Waals surface area contributed by atoms with Crippen molar-refractivity contribution in [1.29, 1.82) is 0 Å². The van der Waals surface area contributed by atoms with Gasteiger partial charge in [-0.15, -0.1) is 22.7 Å². The molecule has 3 heterocycles. The molecule has 0 aliphatic carbocycles. The predicted octanol–water partition coefficient (Wildman–Crippen LogP) is 3.60. The van der Waals surface area contributed by atoms with Crippen molar-refractivity contribution >= 4 is 32.1 Å². The lowest BCUT2D eigenvalue weighted by Crippen LogP contribution is -2.12. The van der Waals surface area contributed by atoms with Gasteiger partial charge in [0, 0.05) is 38.6 Å². The fourth-order valence-corrected chi connectivity index (χ4v) is 3.93. The van der Waals surface area contributed by atoms with E-state index in [9.17, 15) is 0 Å². The second kappa shape index (κ2) is 4.56. The number of rotatable bonds is 3. The zero-order valence-corrected chi connectivity index (χ0v) is 10.8. The molecule has 86 valence electrons. The Morgan fingerprint density at radius 1 is 1.24 bits per heavy atom. The van der Waals surface area contributed by atoms with Crippen LogP contribution in [0.1, 0.15) is 16.6 Å². The minimum Gasteiger partial charge on any atom is -0.323 e. The summed E-state index contributed by atoms with van der Waals surface area (Å²) in [6, 6.07) is 10.4. The summed E-state index contributed by atoms with van der Waals surface area (Å²) in [7, 11) is 0. The highest BCUT2D eigenvalue weighted by molar-refractivity contribution is 7.26. The first-order valence-electron chi connectivity index (χ1n) is 5.45. The van der Waals surface area contributed by atoms with Crippen LogP contribution >= 0.6 is 22.7 Å². The van der Waals surface area contributed by atoms with Gasteiger partial charge in [-0.05, 0) is 29.6 Å². The van der Waals surface area contributed by atoms with E-state index in [1.807, 2.05) is 24.4 Å². The first-order valence-corrected chi connectivity index (χ1v) is 7.15. The number of nitrogens with two attached hydrogens (primary N) is 1. The standard InChI is InChI=1S/C13H12N2S2/c14-10(7-9-3-1-2-5-15-9)12-8-13-11(17-12)4-6-16-13/h1-6,8,10H,7,14H2. The van der Waals surface area contributed by atoms with E-state index in [2.05, 4.69) is 22.5 Å². The molecule has 3 rings (SSSR count). The van der Waals surface area contributed by atoms with Gasteiger partial charge in [-0.25, -0.2) is 0 Å². The number of aromatic nitrogens is 1. The average molecular weight is 260 g/mol. The molecule has 0 saturated carbocycles. The van der Waals surface area contributed by atoms with Crippen LogP contribution in [0.25, 0.3) is 9.40 Å². The highest BCUT2D eigenvalue weighted by atomic mass is 32.1. The molecule has 0 amide bonds. The summed E-state index contributed by atoms with van der Waals surface area (Å²) in [4.78, 5) is 5.56. The van der Waals surface area contributed by atoms with Crippen molar-refractivity contribution in [2.75, 3.05) is 0 Å². The van der Waals surface area contributed by atoms with Crippen molar-refractivity contribution in [1.82, 2.24) is 4.98 Å². The normalized spacial score (nSPS) is 13.0. The topological polar surface area (TPSA) is 38.9 Å².